The van der Waals surface area contributed by atoms with Crippen molar-refractivity contribution in [3.05, 3.63) is 53.4 Å². The molecule has 0 aliphatic carbocycles. The number of nitrogens with one attached hydrogen (secondary N) is 1. The number of anilines is 1. The van der Waals surface area contributed by atoms with E-state index < -0.39 is 0 Å². The van der Waals surface area contributed by atoms with Crippen molar-refractivity contribution in [2.45, 2.75) is 34.6 Å². The second-order valence-electron chi connectivity index (χ2n) is 4.76. The summed E-state index contributed by atoms with van der Waals surface area (Å²) in [6, 6.07) is 6.25. The fourth-order valence-corrected chi connectivity index (χ4v) is 1.56. The first-order chi connectivity index (χ1) is 8.41. The van der Waals surface area contributed by atoms with E-state index in [1.54, 1.807) is 0 Å². The second kappa shape index (κ2) is 6.20. The van der Waals surface area contributed by atoms with E-state index in [9.17, 15) is 0 Å². The number of hydrogen-bond acceptors (Lipinski definition) is 2. The van der Waals surface area contributed by atoms with Crippen LogP contribution in [0, 0.1) is 13.8 Å². The largest absolute Gasteiger partial charge is 0.355 e. The highest BCUT2D eigenvalue weighted by Crippen LogP contribution is 2.22. The Morgan fingerprint density at radius 2 is 1.72 bits per heavy atom. The number of allylic oxidation sites excluding steroid dienone is 1. The van der Waals surface area contributed by atoms with Crippen LogP contribution in [0.2, 0.25) is 0 Å². The second-order valence-corrected chi connectivity index (χ2v) is 4.76. The molecule has 0 amide bonds. The molecule has 1 aromatic rings. The Morgan fingerprint density at radius 1 is 1.17 bits per heavy atom. The molecule has 1 rings (SSSR count). The smallest absolute Gasteiger partial charge is 0.0443 e. The van der Waals surface area contributed by atoms with E-state index in [1.165, 1.54) is 11.1 Å². The molecule has 96 valence electrons. The highest BCUT2D eigenvalue weighted by atomic mass is 14.9. The van der Waals surface area contributed by atoms with E-state index >= 15 is 0 Å². The first-order valence-corrected chi connectivity index (χ1v) is 6.12. The minimum atomic E-state index is 0.886. The van der Waals surface area contributed by atoms with Crippen LogP contribution in [-0.2, 0) is 0 Å². The number of rotatable bonds is 4. The van der Waals surface area contributed by atoms with Crippen molar-refractivity contribution in [2.24, 2.45) is 4.99 Å². The first kappa shape index (κ1) is 14.2. The summed E-state index contributed by atoms with van der Waals surface area (Å²) in [5.74, 6) is 0. The fourth-order valence-electron chi connectivity index (χ4n) is 1.56. The van der Waals surface area contributed by atoms with Gasteiger partial charge in [-0.1, -0.05) is 24.8 Å². The average Bonchev–Trinajstić information content (AvgIpc) is 2.30. The Kier molecular flexibility index (Phi) is 4.90. The molecule has 0 aromatic heterocycles. The number of nitrogens with zero attached hydrogens (tertiary/aromatic N) is 1. The Labute approximate surface area is 110 Å². The Bertz CT molecular complexity index is 484. The molecule has 0 heterocycles. The van der Waals surface area contributed by atoms with Crippen molar-refractivity contribution >= 4 is 11.4 Å². The van der Waals surface area contributed by atoms with Crippen LogP contribution in [0.3, 0.4) is 0 Å². The zero-order valence-corrected chi connectivity index (χ0v) is 12.0. The summed E-state index contributed by atoms with van der Waals surface area (Å²) in [6.45, 7) is 14.2. The van der Waals surface area contributed by atoms with E-state index in [0.717, 1.165) is 22.7 Å². The standard InChI is InChI=1S/C16H22N2/c1-11(2)17-10-14(5)15(6)18-16-12(3)8-7-9-13(16)4/h7-10,18H,6H2,1-5H3/b14-10+. The van der Waals surface area contributed by atoms with Gasteiger partial charge in [0, 0.05) is 23.3 Å². The lowest BCUT2D eigenvalue weighted by molar-refractivity contribution is 1.27. The van der Waals surface area contributed by atoms with Crippen LogP contribution >= 0.6 is 0 Å². The summed E-state index contributed by atoms with van der Waals surface area (Å²) in [4.78, 5) is 4.29. The molecule has 0 saturated carbocycles. The van der Waals surface area contributed by atoms with Gasteiger partial charge in [-0.3, -0.25) is 4.99 Å². The molecule has 1 aromatic carbocycles. The zero-order valence-electron chi connectivity index (χ0n) is 12.0. The number of benzene rings is 1. The van der Waals surface area contributed by atoms with Crippen LogP contribution < -0.4 is 5.32 Å². The van der Waals surface area contributed by atoms with Gasteiger partial charge in [0.1, 0.15) is 0 Å². The summed E-state index contributed by atoms with van der Waals surface area (Å²) in [6.07, 6.45) is 1.85. The predicted octanol–water partition coefficient (Wildman–Crippen LogP) is 4.61. The van der Waals surface area contributed by atoms with Gasteiger partial charge in [0.15, 0.2) is 0 Å². The summed E-state index contributed by atoms with van der Waals surface area (Å²) < 4.78 is 0. The lowest BCUT2D eigenvalue weighted by Gasteiger charge is -2.14. The maximum atomic E-state index is 4.29. The van der Waals surface area contributed by atoms with Gasteiger partial charge in [0.2, 0.25) is 0 Å². The molecule has 0 saturated heterocycles. The van der Waals surface area contributed by atoms with Crippen molar-refractivity contribution in [1.82, 2.24) is 0 Å². The highest BCUT2D eigenvalue weighted by molar-refractivity contribution is 5.79. The first-order valence-electron chi connectivity index (χ1n) is 6.12. The molecule has 0 atom stereocenters. The maximum absolute atomic E-state index is 4.29. The summed E-state index contributed by atoms with van der Waals surface area (Å²) in [5, 5.41) is 3.37. The molecular weight excluding hydrogens is 220 g/mol. The number of para-hydroxylation sites is 1. The molecular formula is C16H22N2. The van der Waals surface area contributed by atoms with Crippen LogP contribution in [0.1, 0.15) is 31.9 Å². The van der Waals surface area contributed by atoms with Crippen LogP contribution in [0.5, 0.6) is 0 Å². The van der Waals surface area contributed by atoms with Gasteiger partial charge in [0.05, 0.1) is 0 Å². The van der Waals surface area contributed by atoms with Crippen molar-refractivity contribution in [3.8, 4) is 0 Å². The van der Waals surface area contributed by atoms with Gasteiger partial charge in [-0.15, -0.1) is 0 Å². The van der Waals surface area contributed by atoms with Crippen molar-refractivity contribution in [2.75, 3.05) is 5.32 Å². The molecule has 0 unspecified atom stereocenters. The van der Waals surface area contributed by atoms with Gasteiger partial charge in [-0.05, 0) is 51.3 Å². The van der Waals surface area contributed by atoms with Crippen LogP contribution in [0.25, 0.3) is 0 Å². The predicted molar refractivity (Wildman–Crippen MR) is 81.2 cm³/mol. The SMILES string of the molecule is C=C(Nc1c(C)cccc1C)/C(C)=C/N=C(C)C. The van der Waals surface area contributed by atoms with Gasteiger partial charge in [-0.2, -0.15) is 0 Å². The molecule has 0 fully saturated rings. The van der Waals surface area contributed by atoms with Crippen molar-refractivity contribution < 1.29 is 0 Å². The van der Waals surface area contributed by atoms with E-state index in [1.807, 2.05) is 27.0 Å². The third-order valence-electron chi connectivity index (χ3n) is 2.75. The van der Waals surface area contributed by atoms with E-state index in [2.05, 4.69) is 48.9 Å². The molecule has 0 aliphatic heterocycles. The van der Waals surface area contributed by atoms with Crippen LogP contribution in [-0.4, -0.2) is 5.71 Å². The third-order valence-corrected chi connectivity index (χ3v) is 2.75. The van der Waals surface area contributed by atoms with E-state index in [0.29, 0.717) is 0 Å². The zero-order chi connectivity index (χ0) is 13.7. The average molecular weight is 242 g/mol. The lowest BCUT2D eigenvalue weighted by Crippen LogP contribution is -2.02. The molecule has 2 heteroatoms. The van der Waals surface area contributed by atoms with Gasteiger partial charge in [-0.25, -0.2) is 0 Å². The van der Waals surface area contributed by atoms with Gasteiger partial charge in [0.25, 0.3) is 0 Å². The minimum absolute atomic E-state index is 0.886. The Balaban J connectivity index is 2.89. The van der Waals surface area contributed by atoms with Crippen molar-refractivity contribution in [3.63, 3.8) is 0 Å². The molecule has 0 spiro atoms. The number of aryl methyl sites for hydroxylation is 2. The number of aliphatic imine (C=N–C) groups is 1. The molecule has 0 aliphatic rings. The molecule has 1 N–H and O–H groups in total. The lowest BCUT2D eigenvalue weighted by atomic mass is 10.1. The molecule has 2 nitrogen and oxygen atoms in total. The third kappa shape index (κ3) is 3.88. The maximum Gasteiger partial charge on any atom is 0.0443 e. The quantitative estimate of drug-likeness (QED) is 0.605. The summed E-state index contributed by atoms with van der Waals surface area (Å²) in [7, 11) is 0. The monoisotopic (exact) mass is 242 g/mol. The Hall–Kier alpha value is -1.83. The van der Waals surface area contributed by atoms with E-state index in [4.69, 9.17) is 0 Å². The number of hydrogen-bond donors (Lipinski definition) is 1. The molecule has 0 radical (unpaired) electrons. The van der Waals surface area contributed by atoms with Gasteiger partial charge < -0.3 is 5.32 Å². The normalized spacial score (nSPS) is 11.1. The topological polar surface area (TPSA) is 24.4 Å². The fraction of sp³-hybridized carbons (Fsp3) is 0.312. The minimum Gasteiger partial charge on any atom is -0.355 e. The Morgan fingerprint density at radius 3 is 2.22 bits per heavy atom. The van der Waals surface area contributed by atoms with Crippen molar-refractivity contribution in [1.29, 1.82) is 0 Å². The van der Waals surface area contributed by atoms with E-state index in [-0.39, 0.29) is 0 Å². The van der Waals surface area contributed by atoms with Crippen LogP contribution in [0.4, 0.5) is 5.69 Å². The molecule has 0 bridgehead atoms. The molecule has 18 heavy (non-hydrogen) atoms. The van der Waals surface area contributed by atoms with Crippen LogP contribution in [0.15, 0.2) is 47.2 Å². The highest BCUT2D eigenvalue weighted by Gasteiger charge is 2.03. The van der Waals surface area contributed by atoms with Gasteiger partial charge >= 0.3 is 0 Å². The summed E-state index contributed by atoms with van der Waals surface area (Å²) in [5.41, 5.74) is 6.54. The summed E-state index contributed by atoms with van der Waals surface area (Å²) >= 11 is 0.